The lowest BCUT2D eigenvalue weighted by Crippen LogP contribution is -2.08. The van der Waals surface area contributed by atoms with Gasteiger partial charge in [-0.15, -0.1) is 0 Å². The van der Waals surface area contributed by atoms with Crippen molar-refractivity contribution in [2.75, 3.05) is 6.61 Å². The van der Waals surface area contributed by atoms with Crippen LogP contribution in [0.15, 0.2) is 6.20 Å². The van der Waals surface area contributed by atoms with Crippen LogP contribution in [0.5, 0.6) is 10.8 Å². The molecule has 0 saturated heterocycles. The van der Waals surface area contributed by atoms with Gasteiger partial charge in [0.2, 0.25) is 0 Å². The van der Waals surface area contributed by atoms with Crippen molar-refractivity contribution < 1.29 is 14.3 Å². The summed E-state index contributed by atoms with van der Waals surface area (Å²) >= 11 is 2.81. The summed E-state index contributed by atoms with van der Waals surface area (Å²) in [6, 6.07) is 0. The number of rotatable bonds is 4. The van der Waals surface area contributed by atoms with Gasteiger partial charge in [0, 0.05) is 13.2 Å². The zero-order valence-corrected chi connectivity index (χ0v) is 16.7. The Kier molecular flexibility index (Phi) is 4.32. The largest absolute Gasteiger partial charge is 0.462 e. The maximum absolute atomic E-state index is 12.5. The van der Waals surface area contributed by atoms with Gasteiger partial charge in [-0.05, 0) is 56.3 Å². The third-order valence-corrected chi connectivity index (χ3v) is 6.54. The van der Waals surface area contributed by atoms with Crippen LogP contribution >= 0.6 is 22.9 Å². The Morgan fingerprint density at radius 1 is 1.35 bits per heavy atom. The molecule has 0 aliphatic heterocycles. The summed E-state index contributed by atoms with van der Waals surface area (Å²) in [5.41, 5.74) is 4.98. The summed E-state index contributed by atoms with van der Waals surface area (Å²) in [4.78, 5) is 14.2. The lowest BCUT2D eigenvalue weighted by atomic mass is 9.93. The van der Waals surface area contributed by atoms with Crippen molar-refractivity contribution in [3.63, 3.8) is 0 Å². The number of aryl methyl sites for hydroxylation is 3. The predicted molar refractivity (Wildman–Crippen MR) is 102 cm³/mol. The summed E-state index contributed by atoms with van der Waals surface area (Å²) in [6.45, 7) is 6.07. The molecule has 0 spiro atoms. The fourth-order valence-corrected chi connectivity index (χ4v) is 5.28. The second-order valence-corrected chi connectivity index (χ2v) is 7.98. The lowest BCUT2D eigenvalue weighted by Gasteiger charge is -2.14. The first kappa shape index (κ1) is 17.2. The monoisotopic (exact) mass is 389 g/mol. The van der Waals surface area contributed by atoms with E-state index in [4.69, 9.17) is 9.47 Å². The van der Waals surface area contributed by atoms with Gasteiger partial charge in [-0.3, -0.25) is 4.68 Å². The molecule has 0 unspecified atom stereocenters. The third kappa shape index (κ3) is 2.64. The molecule has 0 atom stereocenters. The van der Waals surface area contributed by atoms with Crippen molar-refractivity contribution in [2.24, 2.45) is 7.05 Å². The Hall–Kier alpha value is -2.19. The number of hydrogen-bond acceptors (Lipinski definition) is 7. The van der Waals surface area contributed by atoms with Crippen molar-refractivity contribution in [3.8, 4) is 21.3 Å². The SMILES string of the molecule is CCOC(=O)c1sc(Oc2c(C)nn(C)c2C)c2c1CCc1cnsc1-2. The van der Waals surface area contributed by atoms with Gasteiger partial charge in [0.15, 0.2) is 10.8 Å². The number of fused-ring (bicyclic) bond motifs is 3. The molecular weight excluding hydrogens is 370 g/mol. The highest BCUT2D eigenvalue weighted by atomic mass is 32.1. The molecule has 26 heavy (non-hydrogen) atoms. The van der Waals surface area contributed by atoms with Crippen LogP contribution in [0.25, 0.3) is 10.4 Å². The normalized spacial score (nSPS) is 12.6. The van der Waals surface area contributed by atoms with E-state index >= 15 is 0 Å². The van der Waals surface area contributed by atoms with Crippen molar-refractivity contribution in [3.05, 3.63) is 33.6 Å². The van der Waals surface area contributed by atoms with E-state index < -0.39 is 0 Å². The number of thiophene rings is 1. The number of hydrogen-bond donors (Lipinski definition) is 0. The average molecular weight is 390 g/mol. The molecule has 3 aromatic rings. The molecular formula is C18H19N3O3S2. The van der Waals surface area contributed by atoms with Crippen LogP contribution < -0.4 is 4.74 Å². The van der Waals surface area contributed by atoms with E-state index in [2.05, 4.69) is 9.47 Å². The Labute approximate surface area is 159 Å². The number of carbonyl (C=O) groups is 1. The minimum atomic E-state index is -0.281. The number of nitrogens with zero attached hydrogens (tertiary/aromatic N) is 3. The minimum Gasteiger partial charge on any atom is -0.462 e. The summed E-state index contributed by atoms with van der Waals surface area (Å²) in [5.74, 6) is 0.458. The second kappa shape index (κ2) is 6.51. The standard InChI is InChI=1S/C18H19N3O3S2/c1-5-23-17(22)16-12-7-6-11-8-19-26-15(11)13(12)18(25-16)24-14-9(2)20-21(4)10(14)3/h8H,5-7H2,1-4H3. The van der Waals surface area contributed by atoms with Crippen LogP contribution in [-0.4, -0.2) is 26.7 Å². The van der Waals surface area contributed by atoms with Gasteiger partial charge in [-0.1, -0.05) is 11.3 Å². The number of ether oxygens (including phenoxy) is 2. The Bertz CT molecular complexity index is 1000. The van der Waals surface area contributed by atoms with E-state index in [-0.39, 0.29) is 5.97 Å². The Morgan fingerprint density at radius 3 is 2.85 bits per heavy atom. The molecule has 0 aromatic carbocycles. The predicted octanol–water partition coefficient (Wildman–Crippen LogP) is 4.29. The van der Waals surface area contributed by atoms with Gasteiger partial charge in [0.1, 0.15) is 10.6 Å². The minimum absolute atomic E-state index is 0.281. The first-order valence-electron chi connectivity index (χ1n) is 8.46. The highest BCUT2D eigenvalue weighted by Gasteiger charge is 2.32. The van der Waals surface area contributed by atoms with Gasteiger partial charge < -0.3 is 9.47 Å². The molecule has 0 radical (unpaired) electrons. The summed E-state index contributed by atoms with van der Waals surface area (Å²) in [5, 5.41) is 5.13. The summed E-state index contributed by atoms with van der Waals surface area (Å²) < 4.78 is 17.7. The van der Waals surface area contributed by atoms with Gasteiger partial charge >= 0.3 is 5.97 Å². The first-order chi connectivity index (χ1) is 12.5. The van der Waals surface area contributed by atoms with E-state index in [1.807, 2.05) is 34.0 Å². The van der Waals surface area contributed by atoms with Gasteiger partial charge in [0.25, 0.3) is 0 Å². The molecule has 1 aliphatic carbocycles. The van der Waals surface area contributed by atoms with Crippen LogP contribution in [0.1, 0.15) is 39.1 Å². The van der Waals surface area contributed by atoms with Crippen LogP contribution in [0.4, 0.5) is 0 Å². The number of aromatic nitrogens is 3. The van der Waals surface area contributed by atoms with E-state index in [1.54, 1.807) is 4.68 Å². The number of carbonyl (C=O) groups excluding carboxylic acids is 1. The first-order valence-corrected chi connectivity index (χ1v) is 10.0. The van der Waals surface area contributed by atoms with Gasteiger partial charge in [-0.25, -0.2) is 9.17 Å². The number of esters is 1. The molecule has 1 aliphatic rings. The smallest absolute Gasteiger partial charge is 0.348 e. The fraction of sp³-hybridized carbons (Fsp3) is 0.389. The lowest BCUT2D eigenvalue weighted by molar-refractivity contribution is 0.0531. The molecule has 0 fully saturated rings. The van der Waals surface area contributed by atoms with Crippen molar-refractivity contribution in [2.45, 2.75) is 33.6 Å². The molecule has 0 saturated carbocycles. The quantitative estimate of drug-likeness (QED) is 0.623. The van der Waals surface area contributed by atoms with Crippen LogP contribution in [0.2, 0.25) is 0 Å². The van der Waals surface area contributed by atoms with E-state index in [0.29, 0.717) is 16.5 Å². The average Bonchev–Trinajstić information content (AvgIpc) is 3.28. The van der Waals surface area contributed by atoms with Crippen molar-refractivity contribution in [1.82, 2.24) is 14.2 Å². The maximum atomic E-state index is 12.5. The van der Waals surface area contributed by atoms with E-state index in [1.165, 1.54) is 28.4 Å². The molecule has 136 valence electrons. The summed E-state index contributed by atoms with van der Waals surface area (Å²) in [6.07, 6.45) is 3.58. The molecule has 6 nitrogen and oxygen atoms in total. The van der Waals surface area contributed by atoms with Crippen LogP contribution in [0.3, 0.4) is 0 Å². The molecule has 0 amide bonds. The van der Waals surface area contributed by atoms with E-state index in [9.17, 15) is 4.79 Å². The second-order valence-electron chi connectivity index (χ2n) is 6.20. The third-order valence-electron chi connectivity index (χ3n) is 4.59. The topological polar surface area (TPSA) is 66.2 Å². The van der Waals surface area contributed by atoms with Crippen molar-refractivity contribution in [1.29, 1.82) is 0 Å². The Morgan fingerprint density at radius 2 is 2.15 bits per heavy atom. The molecule has 3 aromatic heterocycles. The molecule has 8 heteroatoms. The van der Waals surface area contributed by atoms with E-state index in [0.717, 1.165) is 46.0 Å². The maximum Gasteiger partial charge on any atom is 0.348 e. The van der Waals surface area contributed by atoms with Crippen LogP contribution in [-0.2, 0) is 24.6 Å². The molecule has 0 N–H and O–H groups in total. The van der Waals surface area contributed by atoms with Crippen molar-refractivity contribution >= 4 is 28.8 Å². The Balaban J connectivity index is 1.86. The zero-order chi connectivity index (χ0) is 18.4. The van der Waals surface area contributed by atoms with Gasteiger partial charge in [0.05, 0.1) is 22.7 Å². The molecule has 3 heterocycles. The highest BCUT2D eigenvalue weighted by molar-refractivity contribution is 7.17. The van der Waals surface area contributed by atoms with Crippen LogP contribution in [0, 0.1) is 13.8 Å². The molecule has 4 rings (SSSR count). The highest BCUT2D eigenvalue weighted by Crippen LogP contribution is 2.50. The summed E-state index contributed by atoms with van der Waals surface area (Å²) in [7, 11) is 1.89. The fourth-order valence-electron chi connectivity index (χ4n) is 3.24. The zero-order valence-electron chi connectivity index (χ0n) is 15.1. The molecule has 0 bridgehead atoms. The van der Waals surface area contributed by atoms with Gasteiger partial charge in [-0.2, -0.15) is 5.10 Å².